The second kappa shape index (κ2) is 8.35. The molecule has 8 heteroatoms. The molecule has 0 bridgehead atoms. The smallest absolute Gasteiger partial charge is 0.282 e. The Balaban J connectivity index is 1.58. The van der Waals surface area contributed by atoms with Crippen LogP contribution in [0, 0.1) is 0 Å². The molecule has 0 spiro atoms. The number of nitrogens with zero attached hydrogens (tertiary/aromatic N) is 2. The molecule has 2 aromatic rings. The summed E-state index contributed by atoms with van der Waals surface area (Å²) in [6, 6.07) is 7.73. The number of thiazole rings is 1. The summed E-state index contributed by atoms with van der Waals surface area (Å²) in [5.74, 6) is 1.36. The normalized spacial score (nSPS) is 14.0. The maximum atomic E-state index is 12.0. The van der Waals surface area contributed by atoms with Crippen LogP contribution in [0.3, 0.4) is 0 Å². The molecule has 0 atom stereocenters. The fourth-order valence-electron chi connectivity index (χ4n) is 2.31. The van der Waals surface area contributed by atoms with Gasteiger partial charge in [-0.3, -0.25) is 9.59 Å². The van der Waals surface area contributed by atoms with Gasteiger partial charge in [0.25, 0.3) is 5.24 Å². The number of nitrogens with one attached hydrogen (secondary N) is 1. The summed E-state index contributed by atoms with van der Waals surface area (Å²) in [6.45, 7) is 3.46. The summed E-state index contributed by atoms with van der Waals surface area (Å²) in [7, 11) is 0. The van der Waals surface area contributed by atoms with Crippen molar-refractivity contribution in [2.24, 2.45) is 0 Å². The van der Waals surface area contributed by atoms with Gasteiger partial charge in [0.05, 0.1) is 12.3 Å². The molecular formula is C17H19N3O3S2. The summed E-state index contributed by atoms with van der Waals surface area (Å²) in [4.78, 5) is 29.6. The number of hydrogen-bond donors (Lipinski definition) is 1. The van der Waals surface area contributed by atoms with Crippen LogP contribution >= 0.6 is 23.1 Å². The van der Waals surface area contributed by atoms with E-state index < -0.39 is 0 Å². The molecule has 6 nitrogen and oxygen atoms in total. The monoisotopic (exact) mass is 377 g/mol. The Morgan fingerprint density at radius 1 is 1.36 bits per heavy atom. The topological polar surface area (TPSA) is 71.5 Å². The van der Waals surface area contributed by atoms with Crippen LogP contribution in [0.25, 0.3) is 11.3 Å². The van der Waals surface area contributed by atoms with Crippen LogP contribution in [0.5, 0.6) is 5.75 Å². The molecule has 1 saturated heterocycles. The molecule has 0 saturated carbocycles. The highest BCUT2D eigenvalue weighted by molar-refractivity contribution is 8.13. The Hall–Kier alpha value is -2.06. The van der Waals surface area contributed by atoms with E-state index in [1.807, 2.05) is 29.6 Å². The van der Waals surface area contributed by atoms with Gasteiger partial charge >= 0.3 is 0 Å². The van der Waals surface area contributed by atoms with Crippen molar-refractivity contribution in [3.63, 3.8) is 0 Å². The Morgan fingerprint density at radius 2 is 2.16 bits per heavy atom. The number of carbonyl (C=O) groups excluding carboxylic acids is 2. The van der Waals surface area contributed by atoms with Crippen molar-refractivity contribution in [3.05, 3.63) is 29.6 Å². The van der Waals surface area contributed by atoms with E-state index in [0.29, 0.717) is 18.3 Å². The molecule has 1 aromatic heterocycles. The van der Waals surface area contributed by atoms with Gasteiger partial charge in [0.2, 0.25) is 5.91 Å². The lowest BCUT2D eigenvalue weighted by Crippen LogP contribution is -2.33. The van der Waals surface area contributed by atoms with E-state index in [2.05, 4.69) is 17.2 Å². The first-order valence-electron chi connectivity index (χ1n) is 8.06. The van der Waals surface area contributed by atoms with Crippen LogP contribution in [0.1, 0.15) is 13.3 Å². The molecular weight excluding hydrogens is 358 g/mol. The third-order valence-corrected chi connectivity index (χ3v) is 5.20. The van der Waals surface area contributed by atoms with Gasteiger partial charge in [-0.1, -0.05) is 18.7 Å². The molecule has 1 aliphatic heterocycles. The average molecular weight is 377 g/mol. The number of carbonyl (C=O) groups is 2. The molecule has 25 heavy (non-hydrogen) atoms. The zero-order valence-corrected chi connectivity index (χ0v) is 15.5. The van der Waals surface area contributed by atoms with E-state index in [0.717, 1.165) is 29.2 Å². The standard InChI is InChI=1S/C17H19N3O3S2/c1-2-8-23-13-5-3-12(4-6-13)14-11-25-16(18-14)19-15(21)10-20-7-9-24-17(20)22/h3-6,11H,2,7-10H2,1H3,(H,18,19,21). The highest BCUT2D eigenvalue weighted by Crippen LogP contribution is 2.26. The largest absolute Gasteiger partial charge is 0.494 e. The van der Waals surface area contributed by atoms with Crippen molar-refractivity contribution in [2.45, 2.75) is 13.3 Å². The number of hydrogen-bond acceptors (Lipinski definition) is 6. The van der Waals surface area contributed by atoms with Crippen molar-refractivity contribution in [2.75, 3.05) is 30.8 Å². The fourth-order valence-corrected chi connectivity index (χ4v) is 3.87. The van der Waals surface area contributed by atoms with Gasteiger partial charge in [-0.15, -0.1) is 11.3 Å². The minimum absolute atomic E-state index is 0.0413. The van der Waals surface area contributed by atoms with Gasteiger partial charge in [-0.25, -0.2) is 4.98 Å². The predicted molar refractivity (Wildman–Crippen MR) is 101 cm³/mol. The summed E-state index contributed by atoms with van der Waals surface area (Å²) >= 11 is 2.61. The Kier molecular flexibility index (Phi) is 5.93. The summed E-state index contributed by atoms with van der Waals surface area (Å²) in [5.41, 5.74) is 1.77. The van der Waals surface area contributed by atoms with Crippen LogP contribution in [0.4, 0.5) is 9.93 Å². The van der Waals surface area contributed by atoms with E-state index >= 15 is 0 Å². The minimum Gasteiger partial charge on any atom is -0.494 e. The lowest BCUT2D eigenvalue weighted by molar-refractivity contribution is -0.116. The van der Waals surface area contributed by atoms with Gasteiger partial charge in [0.1, 0.15) is 12.3 Å². The van der Waals surface area contributed by atoms with E-state index in [1.54, 1.807) is 4.90 Å². The van der Waals surface area contributed by atoms with Crippen molar-refractivity contribution in [1.82, 2.24) is 9.88 Å². The number of thioether (sulfide) groups is 1. The second-order valence-corrected chi connectivity index (χ2v) is 7.40. The van der Waals surface area contributed by atoms with Crippen LogP contribution in [-0.4, -0.2) is 46.5 Å². The lowest BCUT2D eigenvalue weighted by Gasteiger charge is -2.12. The summed E-state index contributed by atoms with van der Waals surface area (Å²) < 4.78 is 5.57. The van der Waals surface area contributed by atoms with Crippen molar-refractivity contribution >= 4 is 39.4 Å². The average Bonchev–Trinajstić information content (AvgIpc) is 3.23. The first kappa shape index (κ1) is 17.8. The van der Waals surface area contributed by atoms with E-state index in [-0.39, 0.29) is 17.7 Å². The van der Waals surface area contributed by atoms with E-state index in [1.165, 1.54) is 23.1 Å². The number of benzene rings is 1. The van der Waals surface area contributed by atoms with E-state index in [9.17, 15) is 9.59 Å². The zero-order valence-electron chi connectivity index (χ0n) is 13.9. The minimum atomic E-state index is -0.222. The highest BCUT2D eigenvalue weighted by Gasteiger charge is 2.23. The number of amides is 2. The second-order valence-electron chi connectivity index (χ2n) is 5.49. The van der Waals surface area contributed by atoms with Crippen molar-refractivity contribution < 1.29 is 14.3 Å². The molecule has 2 amide bonds. The highest BCUT2D eigenvalue weighted by atomic mass is 32.2. The molecule has 3 rings (SSSR count). The van der Waals surface area contributed by atoms with Gasteiger partial charge < -0.3 is 15.0 Å². The number of aromatic nitrogens is 1. The molecule has 0 radical (unpaired) electrons. The van der Waals surface area contributed by atoms with Crippen LogP contribution in [-0.2, 0) is 4.79 Å². The van der Waals surface area contributed by atoms with Gasteiger partial charge in [-0.2, -0.15) is 0 Å². The molecule has 0 unspecified atom stereocenters. The van der Waals surface area contributed by atoms with Gasteiger partial charge in [-0.05, 0) is 30.7 Å². The third kappa shape index (κ3) is 4.73. The molecule has 132 valence electrons. The number of anilines is 1. The maximum absolute atomic E-state index is 12.0. The molecule has 1 fully saturated rings. The van der Waals surface area contributed by atoms with Crippen LogP contribution in [0.2, 0.25) is 0 Å². The van der Waals surface area contributed by atoms with Gasteiger partial charge in [0, 0.05) is 23.2 Å². The molecule has 1 aromatic carbocycles. The number of rotatable bonds is 7. The molecule has 2 heterocycles. The van der Waals surface area contributed by atoms with Crippen molar-refractivity contribution in [3.8, 4) is 17.0 Å². The maximum Gasteiger partial charge on any atom is 0.282 e. The number of ether oxygens (including phenoxy) is 1. The predicted octanol–water partition coefficient (Wildman–Crippen LogP) is 3.71. The molecule has 1 aliphatic rings. The third-order valence-electron chi connectivity index (χ3n) is 3.55. The Labute approximate surface area is 154 Å². The molecule has 1 N–H and O–H groups in total. The zero-order chi connectivity index (χ0) is 17.6. The molecule has 0 aliphatic carbocycles. The summed E-state index contributed by atoms with van der Waals surface area (Å²) in [5, 5.41) is 5.15. The Morgan fingerprint density at radius 3 is 2.84 bits per heavy atom. The first-order valence-corrected chi connectivity index (χ1v) is 9.92. The fraction of sp³-hybridized carbons (Fsp3) is 0.353. The van der Waals surface area contributed by atoms with Crippen LogP contribution < -0.4 is 10.1 Å². The van der Waals surface area contributed by atoms with Gasteiger partial charge in [0.15, 0.2) is 5.13 Å². The Bertz CT molecular complexity index is 746. The lowest BCUT2D eigenvalue weighted by atomic mass is 10.2. The SMILES string of the molecule is CCCOc1ccc(-c2csc(NC(=O)CN3CCSC3=O)n2)cc1. The van der Waals surface area contributed by atoms with Crippen molar-refractivity contribution in [1.29, 1.82) is 0 Å². The van der Waals surface area contributed by atoms with E-state index in [4.69, 9.17) is 4.74 Å². The quantitative estimate of drug-likeness (QED) is 0.796. The van der Waals surface area contributed by atoms with Crippen LogP contribution in [0.15, 0.2) is 29.6 Å². The first-order chi connectivity index (χ1) is 12.2. The summed E-state index contributed by atoms with van der Waals surface area (Å²) in [6.07, 6.45) is 0.971.